The van der Waals surface area contributed by atoms with Crippen LogP contribution in [0.15, 0.2) is 11.2 Å². The van der Waals surface area contributed by atoms with Gasteiger partial charge in [-0.25, -0.2) is 15.8 Å². The predicted molar refractivity (Wildman–Crippen MR) is 78.3 cm³/mol. The summed E-state index contributed by atoms with van der Waals surface area (Å²) >= 11 is 1.49. The van der Waals surface area contributed by atoms with Crippen molar-refractivity contribution in [3.63, 3.8) is 0 Å². The van der Waals surface area contributed by atoms with E-state index in [-0.39, 0.29) is 0 Å². The fourth-order valence-electron chi connectivity index (χ4n) is 2.29. The number of nitrogens with zero attached hydrogens (tertiary/aromatic N) is 2. The molecule has 2 heterocycles. The molecule has 1 aliphatic rings. The van der Waals surface area contributed by atoms with Crippen LogP contribution in [0.1, 0.15) is 19.8 Å². The minimum atomic E-state index is 0.362. The molecule has 0 amide bonds. The first-order valence-corrected chi connectivity index (χ1v) is 7.74. The lowest BCUT2D eigenvalue weighted by Crippen LogP contribution is -2.23. The highest BCUT2D eigenvalue weighted by molar-refractivity contribution is 7.98. The molecule has 0 saturated carbocycles. The Morgan fingerprint density at radius 2 is 2.26 bits per heavy atom. The Kier molecular flexibility index (Phi) is 5.24. The molecular weight excluding hydrogens is 262 g/mol. The molecule has 1 aromatic heterocycles. The summed E-state index contributed by atoms with van der Waals surface area (Å²) < 4.78 is 5.68. The summed E-state index contributed by atoms with van der Waals surface area (Å²) in [5, 5.41) is 4.06. The van der Waals surface area contributed by atoms with Gasteiger partial charge in [0, 0.05) is 25.1 Å². The number of anilines is 2. The van der Waals surface area contributed by atoms with Gasteiger partial charge in [-0.15, -0.1) is 0 Å². The minimum absolute atomic E-state index is 0.362. The number of ether oxygens (including phenoxy) is 1. The fourth-order valence-corrected chi connectivity index (χ4v) is 2.67. The summed E-state index contributed by atoms with van der Waals surface area (Å²) in [6.07, 6.45) is 4.47. The molecule has 0 bridgehead atoms. The van der Waals surface area contributed by atoms with Gasteiger partial charge in [-0.3, -0.25) is 0 Å². The number of rotatable bonds is 6. The van der Waals surface area contributed by atoms with Gasteiger partial charge in [-0.2, -0.15) is 0 Å². The molecule has 2 rings (SSSR count). The van der Waals surface area contributed by atoms with Crippen LogP contribution in [0.25, 0.3) is 0 Å². The first kappa shape index (κ1) is 14.4. The van der Waals surface area contributed by atoms with E-state index >= 15 is 0 Å². The average Bonchev–Trinajstić information content (AvgIpc) is 2.92. The number of hydrazine groups is 1. The summed E-state index contributed by atoms with van der Waals surface area (Å²) in [6, 6.07) is 1.82. The molecule has 1 aromatic rings. The van der Waals surface area contributed by atoms with Crippen LogP contribution in [0.3, 0.4) is 0 Å². The van der Waals surface area contributed by atoms with E-state index < -0.39 is 0 Å². The van der Waals surface area contributed by atoms with E-state index in [9.17, 15) is 0 Å². The van der Waals surface area contributed by atoms with Crippen LogP contribution in [0.2, 0.25) is 0 Å². The second kappa shape index (κ2) is 6.93. The van der Waals surface area contributed by atoms with Crippen LogP contribution in [0.4, 0.5) is 11.6 Å². The van der Waals surface area contributed by atoms with Crippen molar-refractivity contribution in [2.24, 2.45) is 11.8 Å². The summed E-state index contributed by atoms with van der Waals surface area (Å²) in [6.45, 7) is 3.89. The quantitative estimate of drug-likeness (QED) is 0.317. The van der Waals surface area contributed by atoms with Crippen molar-refractivity contribution < 1.29 is 4.74 Å². The minimum Gasteiger partial charge on any atom is -0.378 e. The highest BCUT2D eigenvalue weighted by Crippen LogP contribution is 2.24. The van der Waals surface area contributed by atoms with Gasteiger partial charge < -0.3 is 15.5 Å². The molecule has 2 atom stereocenters. The normalized spacial score (nSPS) is 22.5. The van der Waals surface area contributed by atoms with Crippen LogP contribution in [-0.4, -0.2) is 35.5 Å². The van der Waals surface area contributed by atoms with Gasteiger partial charge >= 0.3 is 0 Å². The largest absolute Gasteiger partial charge is 0.378 e. The third-order valence-corrected chi connectivity index (χ3v) is 3.88. The Balaban J connectivity index is 1.98. The van der Waals surface area contributed by atoms with E-state index in [1.165, 1.54) is 11.8 Å². The molecule has 7 heteroatoms. The molecular formula is C12H21N5OS. The zero-order chi connectivity index (χ0) is 13.7. The first-order valence-electron chi connectivity index (χ1n) is 6.52. The number of thioether (sulfide) groups is 1. The third-order valence-electron chi connectivity index (χ3n) is 3.33. The molecule has 0 radical (unpaired) electrons. The molecule has 0 aliphatic carbocycles. The average molecular weight is 283 g/mol. The van der Waals surface area contributed by atoms with Crippen molar-refractivity contribution in [2.75, 3.05) is 30.1 Å². The van der Waals surface area contributed by atoms with Gasteiger partial charge in [0.25, 0.3) is 0 Å². The van der Waals surface area contributed by atoms with Crippen LogP contribution in [-0.2, 0) is 4.74 Å². The topological polar surface area (TPSA) is 85.1 Å². The second-order valence-corrected chi connectivity index (χ2v) is 5.29. The standard InChI is InChI=1S/C12H21N5OS/c1-3-9-8(4-5-18-9)7-14-10-6-11(17-13)16-12(15-10)19-2/h6,8-9H,3-5,7,13H2,1-2H3,(H2,14,15,16,17). The highest BCUT2D eigenvalue weighted by Gasteiger charge is 2.26. The van der Waals surface area contributed by atoms with E-state index in [4.69, 9.17) is 10.6 Å². The van der Waals surface area contributed by atoms with E-state index in [0.717, 1.165) is 31.8 Å². The maximum absolute atomic E-state index is 5.68. The molecule has 0 spiro atoms. The molecule has 0 aromatic carbocycles. The summed E-state index contributed by atoms with van der Waals surface area (Å²) in [5.74, 6) is 7.38. The van der Waals surface area contributed by atoms with Crippen molar-refractivity contribution in [1.29, 1.82) is 0 Å². The Labute approximate surface area is 117 Å². The van der Waals surface area contributed by atoms with Crippen LogP contribution in [0, 0.1) is 5.92 Å². The summed E-state index contributed by atoms with van der Waals surface area (Å²) in [4.78, 5) is 8.65. The van der Waals surface area contributed by atoms with Crippen molar-refractivity contribution in [1.82, 2.24) is 9.97 Å². The lowest BCUT2D eigenvalue weighted by atomic mass is 10.00. The second-order valence-electron chi connectivity index (χ2n) is 4.52. The van der Waals surface area contributed by atoms with Crippen LogP contribution >= 0.6 is 11.8 Å². The number of nitrogens with one attached hydrogen (secondary N) is 2. The molecule has 19 heavy (non-hydrogen) atoms. The van der Waals surface area contributed by atoms with Gasteiger partial charge in [-0.05, 0) is 19.1 Å². The zero-order valence-corrected chi connectivity index (χ0v) is 12.2. The number of aromatic nitrogens is 2. The number of nitrogens with two attached hydrogens (primary N) is 1. The number of hydrogen-bond acceptors (Lipinski definition) is 7. The van der Waals surface area contributed by atoms with Gasteiger partial charge in [0.15, 0.2) is 5.16 Å². The van der Waals surface area contributed by atoms with Crippen molar-refractivity contribution in [2.45, 2.75) is 31.0 Å². The Hall–Kier alpha value is -1.05. The lowest BCUT2D eigenvalue weighted by molar-refractivity contribution is 0.0900. The smallest absolute Gasteiger partial charge is 0.191 e. The van der Waals surface area contributed by atoms with Crippen molar-refractivity contribution in [3.8, 4) is 0 Å². The van der Waals surface area contributed by atoms with Crippen molar-refractivity contribution in [3.05, 3.63) is 6.07 Å². The molecule has 2 unspecified atom stereocenters. The monoisotopic (exact) mass is 283 g/mol. The summed E-state index contributed by atoms with van der Waals surface area (Å²) in [5.41, 5.74) is 2.56. The molecule has 1 aliphatic heterocycles. The Bertz CT molecular complexity index is 395. The number of hydrogen-bond donors (Lipinski definition) is 3. The van der Waals surface area contributed by atoms with Gasteiger partial charge in [0.2, 0.25) is 0 Å². The predicted octanol–water partition coefficient (Wildman–Crippen LogP) is 1.71. The molecule has 106 valence electrons. The Morgan fingerprint density at radius 1 is 1.47 bits per heavy atom. The van der Waals surface area contributed by atoms with E-state index in [1.54, 1.807) is 0 Å². The van der Waals surface area contributed by atoms with Gasteiger partial charge in [0.05, 0.1) is 6.10 Å². The maximum atomic E-state index is 5.68. The molecule has 1 saturated heterocycles. The van der Waals surface area contributed by atoms with Crippen LogP contribution < -0.4 is 16.6 Å². The van der Waals surface area contributed by atoms with E-state index in [0.29, 0.717) is 23.0 Å². The lowest BCUT2D eigenvalue weighted by Gasteiger charge is -2.17. The highest BCUT2D eigenvalue weighted by atomic mass is 32.2. The van der Waals surface area contributed by atoms with Gasteiger partial charge in [0.1, 0.15) is 11.6 Å². The fraction of sp³-hybridized carbons (Fsp3) is 0.667. The molecule has 4 N–H and O–H groups in total. The molecule has 1 fully saturated rings. The SMILES string of the molecule is CCC1OCCC1CNc1cc(NN)nc(SC)n1. The van der Waals surface area contributed by atoms with E-state index in [2.05, 4.69) is 27.6 Å². The van der Waals surface area contributed by atoms with Crippen molar-refractivity contribution >= 4 is 23.4 Å². The summed E-state index contributed by atoms with van der Waals surface area (Å²) in [7, 11) is 0. The molecule has 6 nitrogen and oxygen atoms in total. The van der Waals surface area contributed by atoms with E-state index in [1.807, 2.05) is 12.3 Å². The number of nitrogen functional groups attached to an aromatic ring is 1. The third kappa shape index (κ3) is 3.71. The Morgan fingerprint density at radius 3 is 2.95 bits per heavy atom. The zero-order valence-electron chi connectivity index (χ0n) is 11.3. The maximum Gasteiger partial charge on any atom is 0.191 e. The van der Waals surface area contributed by atoms with Crippen LogP contribution in [0.5, 0.6) is 0 Å². The first-order chi connectivity index (χ1) is 9.26. The van der Waals surface area contributed by atoms with Gasteiger partial charge in [-0.1, -0.05) is 18.7 Å².